The van der Waals surface area contributed by atoms with E-state index in [0.717, 1.165) is 30.0 Å². The first-order valence-corrected chi connectivity index (χ1v) is 10.7. The van der Waals surface area contributed by atoms with Crippen molar-refractivity contribution in [2.24, 2.45) is 5.73 Å². The number of nitrogens with one attached hydrogen (secondary N) is 1. The summed E-state index contributed by atoms with van der Waals surface area (Å²) in [6, 6.07) is 0. The number of rotatable bonds is 15. The van der Waals surface area contributed by atoms with Gasteiger partial charge in [0, 0.05) is 10.5 Å². The lowest BCUT2D eigenvalue weighted by Gasteiger charge is -2.10. The van der Waals surface area contributed by atoms with Gasteiger partial charge in [-0.15, -0.1) is 0 Å². The highest BCUT2D eigenvalue weighted by atomic mass is 127. The molecule has 3 N–H and O–H groups in total. The zero-order valence-corrected chi connectivity index (χ0v) is 16.6. The molecule has 4 heteroatoms. The first kappa shape index (κ1) is 20.4. The molecule has 0 amide bonds. The molecule has 0 aliphatic heterocycles. The number of hydrogen-bond donors (Lipinski definition) is 2. The van der Waals surface area contributed by atoms with E-state index in [0.29, 0.717) is 0 Å². The summed E-state index contributed by atoms with van der Waals surface area (Å²) in [5.74, 6) is 0. The van der Waals surface area contributed by atoms with Crippen molar-refractivity contribution in [2.45, 2.75) is 68.1 Å². The molecule has 0 aromatic rings. The summed E-state index contributed by atoms with van der Waals surface area (Å²) < 4.78 is 2.12. The number of halogens is 2. The quantitative estimate of drug-likeness (QED) is 0.197. The lowest BCUT2D eigenvalue weighted by molar-refractivity contribution is 0.553. The second-order valence-electron chi connectivity index (χ2n) is 5.25. The molecule has 0 saturated heterocycles. The van der Waals surface area contributed by atoms with Crippen LogP contribution in [0.3, 0.4) is 0 Å². The SMILES string of the molecule is NCCCNCC(I)CCCCCCCCCCI. The smallest absolute Gasteiger partial charge is 0.0234 e. The zero-order chi connectivity index (χ0) is 14.2. The van der Waals surface area contributed by atoms with E-state index in [1.807, 2.05) is 0 Å². The van der Waals surface area contributed by atoms with E-state index in [-0.39, 0.29) is 0 Å². The molecular formula is C15H32I2N2. The minimum absolute atomic E-state index is 0.791. The summed E-state index contributed by atoms with van der Waals surface area (Å²) in [5.41, 5.74) is 5.47. The average molecular weight is 494 g/mol. The number of hydrogen-bond acceptors (Lipinski definition) is 2. The zero-order valence-electron chi connectivity index (χ0n) is 12.3. The molecule has 2 nitrogen and oxygen atoms in total. The third kappa shape index (κ3) is 17.3. The molecule has 0 saturated carbocycles. The number of alkyl halides is 2. The summed E-state index contributed by atoms with van der Waals surface area (Å²) in [4.78, 5) is 0. The van der Waals surface area contributed by atoms with Gasteiger partial charge in [-0.2, -0.15) is 0 Å². The molecule has 0 radical (unpaired) electrons. The minimum Gasteiger partial charge on any atom is -0.330 e. The average Bonchev–Trinajstić information content (AvgIpc) is 2.42. The van der Waals surface area contributed by atoms with Crippen molar-refractivity contribution in [3.05, 3.63) is 0 Å². The van der Waals surface area contributed by atoms with Gasteiger partial charge in [-0.05, 0) is 36.8 Å². The van der Waals surface area contributed by atoms with Gasteiger partial charge in [-0.25, -0.2) is 0 Å². The van der Waals surface area contributed by atoms with Crippen LogP contribution in [-0.4, -0.2) is 28.0 Å². The van der Waals surface area contributed by atoms with Crippen molar-refractivity contribution < 1.29 is 0 Å². The minimum atomic E-state index is 0.791. The van der Waals surface area contributed by atoms with Crippen LogP contribution in [-0.2, 0) is 0 Å². The highest BCUT2D eigenvalue weighted by Gasteiger charge is 2.02. The maximum atomic E-state index is 5.47. The fraction of sp³-hybridized carbons (Fsp3) is 1.00. The molecule has 1 unspecified atom stereocenters. The van der Waals surface area contributed by atoms with Gasteiger partial charge in [0.1, 0.15) is 0 Å². The highest BCUT2D eigenvalue weighted by Crippen LogP contribution is 2.14. The molecule has 116 valence electrons. The van der Waals surface area contributed by atoms with Crippen LogP contribution in [0, 0.1) is 0 Å². The maximum absolute atomic E-state index is 5.47. The van der Waals surface area contributed by atoms with Gasteiger partial charge in [-0.3, -0.25) is 0 Å². The second-order valence-corrected chi connectivity index (χ2v) is 8.09. The van der Waals surface area contributed by atoms with Gasteiger partial charge in [-0.1, -0.05) is 90.1 Å². The standard InChI is InChI=1S/C15H32I2N2/c16-11-8-6-4-2-1-3-5-7-10-15(17)14-19-13-9-12-18/h15,19H,1-14,18H2. The van der Waals surface area contributed by atoms with E-state index in [4.69, 9.17) is 5.73 Å². The summed E-state index contributed by atoms with van der Waals surface area (Å²) >= 11 is 5.06. The second kappa shape index (κ2) is 17.4. The Morgan fingerprint density at radius 1 is 0.842 bits per heavy atom. The van der Waals surface area contributed by atoms with E-state index >= 15 is 0 Å². The molecular weight excluding hydrogens is 462 g/mol. The fourth-order valence-corrected chi connectivity index (χ4v) is 3.40. The Morgan fingerprint density at radius 3 is 2.00 bits per heavy atom. The molecule has 19 heavy (non-hydrogen) atoms. The molecule has 0 bridgehead atoms. The normalized spacial score (nSPS) is 12.8. The van der Waals surface area contributed by atoms with Gasteiger partial charge in [0.2, 0.25) is 0 Å². The summed E-state index contributed by atoms with van der Waals surface area (Å²) in [6.45, 7) is 3.03. The third-order valence-electron chi connectivity index (χ3n) is 3.32. The van der Waals surface area contributed by atoms with E-state index in [9.17, 15) is 0 Å². The van der Waals surface area contributed by atoms with Crippen molar-refractivity contribution in [3.8, 4) is 0 Å². The predicted octanol–water partition coefficient (Wildman–Crippen LogP) is 4.67. The fourth-order valence-electron chi connectivity index (χ4n) is 2.11. The molecule has 0 aliphatic carbocycles. The Bertz CT molecular complexity index is 168. The van der Waals surface area contributed by atoms with Crippen LogP contribution in [0.5, 0.6) is 0 Å². The lowest BCUT2D eigenvalue weighted by Crippen LogP contribution is -2.25. The van der Waals surface area contributed by atoms with Crippen molar-refractivity contribution in [1.29, 1.82) is 0 Å². The topological polar surface area (TPSA) is 38.0 Å². The molecule has 0 aliphatic rings. The largest absolute Gasteiger partial charge is 0.330 e. The van der Waals surface area contributed by atoms with E-state index < -0.39 is 0 Å². The molecule has 0 aromatic carbocycles. The van der Waals surface area contributed by atoms with Crippen molar-refractivity contribution in [2.75, 3.05) is 24.1 Å². The van der Waals surface area contributed by atoms with Gasteiger partial charge < -0.3 is 11.1 Å². The van der Waals surface area contributed by atoms with Crippen LogP contribution in [0.4, 0.5) is 0 Å². The first-order chi connectivity index (χ1) is 9.31. The van der Waals surface area contributed by atoms with Crippen LogP contribution in [0.1, 0.15) is 64.2 Å². The van der Waals surface area contributed by atoms with Gasteiger partial charge >= 0.3 is 0 Å². The van der Waals surface area contributed by atoms with Crippen LogP contribution < -0.4 is 11.1 Å². The summed E-state index contributed by atoms with van der Waals surface area (Å²) in [5, 5.41) is 3.48. The van der Waals surface area contributed by atoms with E-state index in [1.165, 1.54) is 62.2 Å². The first-order valence-electron chi connectivity index (χ1n) is 7.92. The van der Waals surface area contributed by atoms with E-state index in [1.54, 1.807) is 0 Å². The van der Waals surface area contributed by atoms with Crippen LogP contribution in [0.2, 0.25) is 0 Å². The van der Waals surface area contributed by atoms with Crippen LogP contribution in [0.25, 0.3) is 0 Å². The van der Waals surface area contributed by atoms with Gasteiger partial charge in [0.05, 0.1) is 0 Å². The summed E-state index contributed by atoms with van der Waals surface area (Å²) in [6.07, 6.45) is 13.9. The number of unbranched alkanes of at least 4 members (excludes halogenated alkanes) is 7. The van der Waals surface area contributed by atoms with Crippen LogP contribution in [0.15, 0.2) is 0 Å². The highest BCUT2D eigenvalue weighted by molar-refractivity contribution is 14.1. The molecule has 0 aromatic heterocycles. The predicted molar refractivity (Wildman–Crippen MR) is 105 cm³/mol. The molecule has 0 fully saturated rings. The Labute approximate surface area is 147 Å². The third-order valence-corrected chi connectivity index (χ3v) is 5.15. The molecule has 0 heterocycles. The monoisotopic (exact) mass is 494 g/mol. The molecule has 1 atom stereocenters. The van der Waals surface area contributed by atoms with Crippen molar-refractivity contribution in [1.82, 2.24) is 5.32 Å². The van der Waals surface area contributed by atoms with Gasteiger partial charge in [0.15, 0.2) is 0 Å². The number of nitrogens with two attached hydrogens (primary N) is 1. The molecule has 0 rings (SSSR count). The Kier molecular flexibility index (Phi) is 18.7. The Balaban J connectivity index is 3.07. The Hall–Kier alpha value is 1.38. The van der Waals surface area contributed by atoms with E-state index in [2.05, 4.69) is 50.5 Å². The van der Waals surface area contributed by atoms with Crippen LogP contribution >= 0.6 is 45.2 Å². The van der Waals surface area contributed by atoms with Crippen molar-refractivity contribution in [3.63, 3.8) is 0 Å². The van der Waals surface area contributed by atoms with Gasteiger partial charge in [0.25, 0.3) is 0 Å². The lowest BCUT2D eigenvalue weighted by atomic mass is 10.1. The summed E-state index contributed by atoms with van der Waals surface area (Å²) in [7, 11) is 0. The maximum Gasteiger partial charge on any atom is 0.0234 e. The van der Waals surface area contributed by atoms with Crippen molar-refractivity contribution >= 4 is 45.2 Å². The molecule has 0 spiro atoms. The Morgan fingerprint density at radius 2 is 1.42 bits per heavy atom.